The van der Waals surface area contributed by atoms with E-state index < -0.39 is 0 Å². The number of hydrogen-bond donors (Lipinski definition) is 0. The molecular formula is C25H32O2. The molecule has 27 heavy (non-hydrogen) atoms. The maximum Gasteiger partial charge on any atom is 0.140 e. The smallest absolute Gasteiger partial charge is 0.140 e. The first kappa shape index (κ1) is 19.7. The summed E-state index contributed by atoms with van der Waals surface area (Å²) in [6.45, 7) is 5.18. The Morgan fingerprint density at radius 3 is 2.15 bits per heavy atom. The number of ether oxygens (including phenoxy) is 1. The van der Waals surface area contributed by atoms with Crippen molar-refractivity contribution in [2.24, 2.45) is 5.92 Å². The molecule has 0 saturated heterocycles. The van der Waals surface area contributed by atoms with Crippen molar-refractivity contribution in [2.75, 3.05) is 6.61 Å². The Labute approximate surface area is 164 Å². The summed E-state index contributed by atoms with van der Waals surface area (Å²) in [5, 5.41) is 0. The van der Waals surface area contributed by atoms with Gasteiger partial charge in [0.15, 0.2) is 0 Å². The van der Waals surface area contributed by atoms with E-state index in [-0.39, 0.29) is 5.92 Å². The lowest BCUT2D eigenvalue weighted by Crippen LogP contribution is -2.23. The molecule has 3 rings (SSSR count). The highest BCUT2D eigenvalue weighted by Crippen LogP contribution is 2.35. The predicted molar refractivity (Wildman–Crippen MR) is 112 cm³/mol. The highest BCUT2D eigenvalue weighted by molar-refractivity contribution is 5.86. The fourth-order valence-corrected chi connectivity index (χ4v) is 3.99. The van der Waals surface area contributed by atoms with E-state index in [4.69, 9.17) is 4.74 Å². The quantitative estimate of drug-likeness (QED) is 0.482. The minimum Gasteiger partial charge on any atom is -0.494 e. The minimum atomic E-state index is 0.0979. The van der Waals surface area contributed by atoms with Crippen LogP contribution in [0.3, 0.4) is 0 Å². The van der Waals surface area contributed by atoms with Crippen LogP contribution in [0, 0.1) is 5.92 Å². The van der Waals surface area contributed by atoms with E-state index in [0.717, 1.165) is 38.0 Å². The first-order valence-electron chi connectivity index (χ1n) is 10.6. The number of benzene rings is 2. The van der Waals surface area contributed by atoms with Crippen LogP contribution in [0.2, 0.25) is 0 Å². The minimum absolute atomic E-state index is 0.0979. The van der Waals surface area contributed by atoms with Gasteiger partial charge in [-0.15, -0.1) is 0 Å². The van der Waals surface area contributed by atoms with Gasteiger partial charge in [0.25, 0.3) is 0 Å². The third-order valence-corrected chi connectivity index (χ3v) is 5.84. The maximum absolute atomic E-state index is 12.5. The van der Waals surface area contributed by atoms with Crippen molar-refractivity contribution >= 4 is 5.78 Å². The number of hydrogen-bond acceptors (Lipinski definition) is 2. The zero-order valence-corrected chi connectivity index (χ0v) is 16.7. The highest BCUT2D eigenvalue weighted by Gasteiger charge is 2.28. The van der Waals surface area contributed by atoms with Crippen molar-refractivity contribution in [3.8, 4) is 16.9 Å². The first-order chi connectivity index (χ1) is 13.2. The molecule has 2 heteroatoms. The zero-order chi connectivity index (χ0) is 19.1. The van der Waals surface area contributed by atoms with Gasteiger partial charge in [0.2, 0.25) is 0 Å². The molecule has 144 valence electrons. The third-order valence-electron chi connectivity index (χ3n) is 5.84. The number of unbranched alkanes of at least 4 members (excludes halogenated alkanes) is 2. The topological polar surface area (TPSA) is 26.3 Å². The molecule has 2 nitrogen and oxygen atoms in total. The molecule has 0 bridgehead atoms. The number of ketones is 1. The maximum atomic E-state index is 12.5. The van der Waals surface area contributed by atoms with E-state index in [9.17, 15) is 4.79 Å². The van der Waals surface area contributed by atoms with Crippen LogP contribution in [0.4, 0.5) is 0 Å². The van der Waals surface area contributed by atoms with Crippen molar-refractivity contribution in [1.82, 2.24) is 0 Å². The van der Waals surface area contributed by atoms with Crippen LogP contribution in [0.15, 0.2) is 48.5 Å². The SMILES string of the molecule is CCCCCOc1ccc(-c2ccc([C@H]3CC[C@H](CC)CC3=O)cc2)cc1. The average molecular weight is 365 g/mol. The summed E-state index contributed by atoms with van der Waals surface area (Å²) in [5.41, 5.74) is 3.55. The van der Waals surface area contributed by atoms with E-state index in [1.165, 1.54) is 36.0 Å². The molecule has 0 unspecified atom stereocenters. The van der Waals surface area contributed by atoms with Crippen LogP contribution in [-0.2, 0) is 4.79 Å². The molecule has 1 fully saturated rings. The van der Waals surface area contributed by atoms with Gasteiger partial charge < -0.3 is 4.74 Å². The number of carbonyl (C=O) groups excluding carboxylic acids is 1. The van der Waals surface area contributed by atoms with Crippen LogP contribution < -0.4 is 4.74 Å². The molecule has 2 aromatic rings. The van der Waals surface area contributed by atoms with E-state index in [1.54, 1.807) is 0 Å². The van der Waals surface area contributed by atoms with Crippen LogP contribution in [-0.4, -0.2) is 12.4 Å². The summed E-state index contributed by atoms with van der Waals surface area (Å²) < 4.78 is 5.79. The van der Waals surface area contributed by atoms with Gasteiger partial charge in [-0.05, 0) is 54.0 Å². The molecule has 2 atom stereocenters. The molecule has 1 aliphatic carbocycles. The summed E-state index contributed by atoms with van der Waals surface area (Å²) in [4.78, 5) is 12.5. The Kier molecular flexibility index (Phi) is 7.09. The van der Waals surface area contributed by atoms with Gasteiger partial charge in [-0.25, -0.2) is 0 Å². The van der Waals surface area contributed by atoms with Gasteiger partial charge >= 0.3 is 0 Å². The van der Waals surface area contributed by atoms with Crippen molar-refractivity contribution in [1.29, 1.82) is 0 Å². The average Bonchev–Trinajstić information content (AvgIpc) is 2.72. The molecule has 1 saturated carbocycles. The Hall–Kier alpha value is -2.09. The van der Waals surface area contributed by atoms with Gasteiger partial charge in [-0.3, -0.25) is 4.79 Å². The standard InChI is InChI=1S/C25H32O2/c1-3-5-6-17-27-23-14-12-21(13-15-23)20-8-10-22(11-9-20)24-16-7-19(4-2)18-25(24)26/h8-15,19,24H,3-7,16-18H2,1-2H3/t19-,24+/m0/s1. The largest absolute Gasteiger partial charge is 0.494 e. The number of rotatable bonds is 8. The molecule has 1 aliphatic rings. The Balaban J connectivity index is 1.61. The van der Waals surface area contributed by atoms with Gasteiger partial charge in [-0.2, -0.15) is 0 Å². The third kappa shape index (κ3) is 5.22. The predicted octanol–water partition coefficient (Wildman–Crippen LogP) is 6.79. The summed E-state index contributed by atoms with van der Waals surface area (Å²) >= 11 is 0. The molecule has 0 aliphatic heterocycles. The molecule has 0 radical (unpaired) electrons. The first-order valence-corrected chi connectivity index (χ1v) is 10.6. The highest BCUT2D eigenvalue weighted by atomic mass is 16.5. The summed E-state index contributed by atoms with van der Waals surface area (Å²) in [6.07, 6.45) is 7.59. The molecule has 0 amide bonds. The number of carbonyl (C=O) groups is 1. The molecule has 0 N–H and O–H groups in total. The summed E-state index contributed by atoms with van der Waals surface area (Å²) in [7, 11) is 0. The lowest BCUT2D eigenvalue weighted by Gasteiger charge is -2.27. The van der Waals surface area contributed by atoms with E-state index in [0.29, 0.717) is 11.7 Å². The number of Topliss-reactive ketones (excluding diaryl/α,β-unsaturated/α-hetero) is 1. The van der Waals surface area contributed by atoms with Gasteiger partial charge in [-0.1, -0.05) is 69.5 Å². The molecule has 0 aromatic heterocycles. The van der Waals surface area contributed by atoms with Gasteiger partial charge in [0, 0.05) is 12.3 Å². The second kappa shape index (κ2) is 9.73. The van der Waals surface area contributed by atoms with Crippen molar-refractivity contribution in [3.05, 3.63) is 54.1 Å². The van der Waals surface area contributed by atoms with E-state index >= 15 is 0 Å². The summed E-state index contributed by atoms with van der Waals surface area (Å²) in [6, 6.07) is 16.9. The Morgan fingerprint density at radius 2 is 1.56 bits per heavy atom. The zero-order valence-electron chi connectivity index (χ0n) is 16.7. The normalized spacial score (nSPS) is 19.9. The van der Waals surface area contributed by atoms with Crippen molar-refractivity contribution < 1.29 is 9.53 Å². The van der Waals surface area contributed by atoms with Crippen LogP contribution in [0.1, 0.15) is 70.3 Å². The monoisotopic (exact) mass is 364 g/mol. The lowest BCUT2D eigenvalue weighted by molar-refractivity contribution is -0.123. The molecule has 2 aromatic carbocycles. The van der Waals surface area contributed by atoms with Crippen molar-refractivity contribution in [2.45, 2.75) is 64.7 Å². The van der Waals surface area contributed by atoms with Crippen LogP contribution in [0.25, 0.3) is 11.1 Å². The van der Waals surface area contributed by atoms with Crippen LogP contribution in [0.5, 0.6) is 5.75 Å². The fourth-order valence-electron chi connectivity index (χ4n) is 3.99. The second-order valence-corrected chi connectivity index (χ2v) is 7.78. The van der Waals surface area contributed by atoms with Gasteiger partial charge in [0.05, 0.1) is 6.61 Å². The Bertz CT molecular complexity index is 715. The fraction of sp³-hybridized carbons (Fsp3) is 0.480. The molecular weight excluding hydrogens is 332 g/mol. The van der Waals surface area contributed by atoms with E-state index in [1.807, 2.05) is 12.1 Å². The van der Waals surface area contributed by atoms with E-state index in [2.05, 4.69) is 50.2 Å². The Morgan fingerprint density at radius 1 is 0.889 bits per heavy atom. The molecule has 0 spiro atoms. The summed E-state index contributed by atoms with van der Waals surface area (Å²) in [5.74, 6) is 2.05. The lowest BCUT2D eigenvalue weighted by atomic mass is 9.77. The second-order valence-electron chi connectivity index (χ2n) is 7.78. The van der Waals surface area contributed by atoms with Gasteiger partial charge in [0.1, 0.15) is 11.5 Å². The molecule has 0 heterocycles. The van der Waals surface area contributed by atoms with Crippen LogP contribution >= 0.6 is 0 Å². The van der Waals surface area contributed by atoms with Crippen molar-refractivity contribution in [3.63, 3.8) is 0 Å².